The van der Waals surface area contributed by atoms with Gasteiger partial charge in [-0.3, -0.25) is 39.2 Å². The van der Waals surface area contributed by atoms with Crippen molar-refractivity contribution in [3.05, 3.63) is 302 Å². The molecule has 5 atom stereocenters. The van der Waals surface area contributed by atoms with Gasteiger partial charge in [0.1, 0.15) is 29.6 Å². The number of Topliss-reactive ketones (excluding diaryl/α,β-unsaturated/α-hetero) is 1. The summed E-state index contributed by atoms with van der Waals surface area (Å²) in [7, 11) is 5.82. The molecular formula is C106H131BBrClN16O6. The van der Waals surface area contributed by atoms with Gasteiger partial charge in [0.25, 0.3) is 0 Å². The molecule has 4 N–H and O–H groups in total. The Hall–Kier alpha value is -10.9. The third-order valence-electron chi connectivity index (χ3n) is 25.3. The Balaban J connectivity index is 0.000000154. The highest BCUT2D eigenvalue weighted by Crippen LogP contribution is 2.53. The van der Waals surface area contributed by atoms with E-state index in [0.29, 0.717) is 54.2 Å². The lowest BCUT2D eigenvalue weighted by Crippen LogP contribution is -2.51. The molecular weight excluding hydrogens is 1720 g/mol. The van der Waals surface area contributed by atoms with Crippen LogP contribution in [-0.4, -0.2) is 131 Å². The number of anilines is 1. The number of hydrogen-bond donors (Lipinski definition) is 4. The summed E-state index contributed by atoms with van der Waals surface area (Å²) in [5, 5.41) is 8.71. The molecule has 7 aliphatic rings. The highest BCUT2D eigenvalue weighted by molar-refractivity contribution is 9.10. The summed E-state index contributed by atoms with van der Waals surface area (Å²) in [4.78, 5) is 56.4. The van der Waals surface area contributed by atoms with Gasteiger partial charge in [0.05, 0.1) is 54.9 Å². The summed E-state index contributed by atoms with van der Waals surface area (Å²) < 4.78 is 26.6. The van der Waals surface area contributed by atoms with Crippen LogP contribution >= 0.6 is 27.5 Å². The van der Waals surface area contributed by atoms with Crippen molar-refractivity contribution in [1.82, 2.24) is 76.2 Å². The predicted molar refractivity (Wildman–Crippen MR) is 536 cm³/mol. The van der Waals surface area contributed by atoms with Gasteiger partial charge in [-0.2, -0.15) is 0 Å². The SMILES string of the molecule is C=C(C)C(C)(C)C.C=C(C)c1cc(C)ncc1-c1ccc(C2NNCN2C)cc1.C=C(C)c1cc(C)ncc1C.C=C(C)c1cc(Cc2cnc3c(c2)C2C(=O)CC[C@@]2(C)CO3)ccc1-c1ccc(-c2nncn2C)cc1.CN1CNNC1c1ccc(B2OC(C)(C)C(C)(C)O2)cc1.Cc1cc(C)c(C)cn1.Cc1cnc2c(c1)N1C(=O)CC[C@@]1(C)CO2.Clc1ccc(Br)cn1. The number of allylic oxidation sites excluding steroid dienone is 4. The minimum absolute atomic E-state index is 0.110. The number of pyridine rings is 6. The Morgan fingerprint density at radius 1 is 0.550 bits per heavy atom. The van der Waals surface area contributed by atoms with Gasteiger partial charge >= 0.3 is 7.12 Å². The fraction of sp³-hybridized carbons (Fsp3) is 0.377. The third kappa shape index (κ3) is 25.3. The molecule has 22 nitrogen and oxygen atoms in total. The lowest BCUT2D eigenvalue weighted by atomic mass is 9.75. The molecule has 4 saturated heterocycles. The molecule has 1 amide bonds. The van der Waals surface area contributed by atoms with Crippen LogP contribution in [0.2, 0.25) is 5.15 Å². The van der Waals surface area contributed by atoms with Crippen LogP contribution in [-0.2, 0) is 32.4 Å². The quantitative estimate of drug-likeness (QED) is 0.0535. The molecule has 4 aromatic carbocycles. The highest BCUT2D eigenvalue weighted by atomic mass is 79.9. The summed E-state index contributed by atoms with van der Waals surface area (Å²) in [5.41, 5.74) is 41.3. The van der Waals surface area contributed by atoms with Crippen molar-refractivity contribution in [3.63, 3.8) is 0 Å². The standard InChI is InChI=1S/C31H30N4O2.C18H22N4.C15H24BN3O2.C12H14N2O2.C10H13N.C8H11N.C7H14.C5H3BrClN/c1-19(2)25-14-20(5-10-24(25)22-6-8-23(9-7-22)29-34-33-18-35(29)4)13-21-15-26-28-27(36)11-12-31(28,3)17-37-30(26)32-16-21;1-12(2)16-9-13(3)19-10-17(16)14-5-7-15(8-6-14)18-21-20-11-22(18)4;1-14(2)15(3,4)21-16(20-14)12-8-6-11(7-9-12)13-18-17-10-19(13)5;1-8-5-9-11(13-6-8)16-7-12(2)4-3-10(15)14(9)12;1-7(2)10-5-9(4)11-6-8(10)3;1-6-4-8(3)9-5-7(6)2;1-6(2)7(3,4)5;6-4-1-2-5(7)8-3-4/h5-10,14-16,18,28H,1,11-13,17H2,2-4H3;5-10,18,20-21H,1,11H2,2-4H3;6-9,13,17-18H,10H2,1-5H3;5-6H,3-4,7H2,1-2H3;5-6H,1H2,2-4H3;4-5H,1-3H3;1H2,2-5H3;1-3H/t28?,31-;;;12-;;;;/m0..0..../s1. The average molecular weight is 1850 g/mol. The molecule has 0 spiro atoms. The van der Waals surface area contributed by atoms with Crippen LogP contribution in [0.1, 0.15) is 218 Å². The maximum absolute atomic E-state index is 12.7. The topological polar surface area (TPSA) is 237 Å². The summed E-state index contributed by atoms with van der Waals surface area (Å²) >= 11 is 8.70. The van der Waals surface area contributed by atoms with Crippen molar-refractivity contribution in [1.29, 1.82) is 0 Å². The van der Waals surface area contributed by atoms with E-state index in [2.05, 4.69) is 333 Å². The third-order valence-corrected chi connectivity index (χ3v) is 26.0. The summed E-state index contributed by atoms with van der Waals surface area (Å²) in [5.74, 6) is 2.42. The molecule has 131 heavy (non-hydrogen) atoms. The number of ketones is 1. The van der Waals surface area contributed by atoms with Crippen LogP contribution < -0.4 is 41.5 Å². The van der Waals surface area contributed by atoms with Crippen LogP contribution in [0.15, 0.2) is 213 Å². The molecule has 1 saturated carbocycles. The second kappa shape index (κ2) is 43.2. The first-order valence-corrected chi connectivity index (χ1v) is 45.8. The molecule has 3 unspecified atom stereocenters. The number of rotatable bonds is 11. The largest absolute Gasteiger partial charge is 0.494 e. The lowest BCUT2D eigenvalue weighted by Gasteiger charge is -2.39. The smallest absolute Gasteiger partial charge is 0.477 e. The normalized spacial score (nSPS) is 19.4. The Morgan fingerprint density at radius 2 is 1.08 bits per heavy atom. The molecule has 25 heteroatoms. The fourth-order valence-corrected chi connectivity index (χ4v) is 16.3. The van der Waals surface area contributed by atoms with Gasteiger partial charge in [0, 0.05) is 101 Å². The number of halogens is 2. The van der Waals surface area contributed by atoms with Gasteiger partial charge in [0.15, 0.2) is 5.82 Å². The van der Waals surface area contributed by atoms with E-state index in [1.165, 1.54) is 50.1 Å². The maximum atomic E-state index is 12.7. The Bertz CT molecular complexity index is 5880. The molecule has 6 aliphatic heterocycles. The van der Waals surface area contributed by atoms with Gasteiger partial charge in [-0.25, -0.2) is 36.7 Å². The first kappa shape index (κ1) is 101. The van der Waals surface area contributed by atoms with E-state index < -0.39 is 0 Å². The van der Waals surface area contributed by atoms with Crippen LogP contribution in [0.25, 0.3) is 50.4 Å². The zero-order chi connectivity index (χ0) is 95.4. The van der Waals surface area contributed by atoms with Crippen LogP contribution in [0.3, 0.4) is 0 Å². The highest BCUT2D eigenvalue weighted by Gasteiger charge is 2.53. The molecule has 18 rings (SSSR count). The predicted octanol–water partition coefficient (Wildman–Crippen LogP) is 21.6. The molecule has 5 fully saturated rings. The summed E-state index contributed by atoms with van der Waals surface area (Å²) in [6.45, 7) is 60.2. The van der Waals surface area contributed by atoms with Crippen molar-refractivity contribution in [2.24, 2.45) is 17.9 Å². The van der Waals surface area contributed by atoms with E-state index in [1.54, 1.807) is 24.8 Å². The molecule has 0 radical (unpaired) electrons. The van der Waals surface area contributed by atoms with Crippen LogP contribution in [0, 0.1) is 59.3 Å². The zero-order valence-electron chi connectivity index (χ0n) is 80.8. The fourth-order valence-electron chi connectivity index (χ4n) is 16.0. The van der Waals surface area contributed by atoms with Crippen molar-refractivity contribution in [2.75, 3.05) is 45.5 Å². The van der Waals surface area contributed by atoms with E-state index >= 15 is 0 Å². The van der Waals surface area contributed by atoms with Crippen molar-refractivity contribution < 1.29 is 28.4 Å². The Labute approximate surface area is 790 Å². The van der Waals surface area contributed by atoms with Gasteiger partial charge in [0.2, 0.25) is 17.7 Å². The number of fused-ring (bicyclic) bond motifs is 6. The number of hydrogen-bond acceptors (Lipinski definition) is 20. The minimum atomic E-state index is -0.298. The molecule has 11 aromatic rings. The number of nitrogens with zero attached hydrogens (tertiary/aromatic N) is 12. The average Bonchev–Trinajstić information content (AvgIpc) is 1.63. The first-order chi connectivity index (χ1) is 61.8. The minimum Gasteiger partial charge on any atom is -0.477 e. The van der Waals surface area contributed by atoms with Crippen molar-refractivity contribution >= 4 is 74.2 Å². The first-order valence-electron chi connectivity index (χ1n) is 44.6. The van der Waals surface area contributed by atoms with Gasteiger partial charge in [-0.05, 0) is 291 Å². The van der Waals surface area contributed by atoms with Gasteiger partial charge in [-0.15, -0.1) is 10.2 Å². The number of hydrazine groups is 2. The van der Waals surface area contributed by atoms with Gasteiger partial charge < -0.3 is 23.3 Å². The Morgan fingerprint density at radius 3 is 1.61 bits per heavy atom. The number of benzene rings is 4. The number of amides is 1. The number of ether oxygens (including phenoxy) is 2. The monoisotopic (exact) mass is 1850 g/mol. The van der Waals surface area contributed by atoms with Crippen LogP contribution in [0.4, 0.5) is 5.69 Å². The van der Waals surface area contributed by atoms with E-state index in [-0.39, 0.29) is 53.4 Å². The second-order valence-electron chi connectivity index (χ2n) is 38.1. The van der Waals surface area contributed by atoms with E-state index in [1.807, 2.05) is 102 Å². The lowest BCUT2D eigenvalue weighted by molar-refractivity contribution is -0.120. The molecule has 13 heterocycles. The number of aryl methyl sites for hydroxylation is 8. The zero-order valence-corrected chi connectivity index (χ0v) is 83.2. The number of carbonyl (C=O) groups is 2. The van der Waals surface area contributed by atoms with Gasteiger partial charge in [-0.1, -0.05) is 179 Å². The molecule has 7 aromatic heterocycles. The van der Waals surface area contributed by atoms with Crippen molar-refractivity contribution in [2.45, 2.75) is 206 Å². The molecule has 0 bridgehead atoms. The number of carbonyl (C=O) groups excluding carboxylic acids is 2. The summed E-state index contributed by atoms with van der Waals surface area (Å²) in [6.07, 6.45) is 16.8. The second-order valence-corrected chi connectivity index (χ2v) is 39.4. The summed E-state index contributed by atoms with van der Waals surface area (Å²) in [6, 6.07) is 46.0. The number of aromatic nitrogens is 9. The van der Waals surface area contributed by atoms with Crippen LogP contribution in [0.5, 0.6) is 11.8 Å². The maximum Gasteiger partial charge on any atom is 0.494 e. The Kier molecular flexibility index (Phi) is 33.2. The van der Waals surface area contributed by atoms with E-state index in [0.717, 1.165) is 138 Å². The number of nitrogens with one attached hydrogen (secondary N) is 4. The molecule has 688 valence electrons. The van der Waals surface area contributed by atoms with Crippen molar-refractivity contribution in [3.8, 4) is 45.4 Å². The van der Waals surface area contributed by atoms with E-state index in [9.17, 15) is 9.59 Å². The molecule has 1 aliphatic carbocycles. The van der Waals surface area contributed by atoms with E-state index in [4.69, 9.17) is 30.4 Å².